The highest BCUT2D eigenvalue weighted by molar-refractivity contribution is 7.91. The van der Waals surface area contributed by atoms with Crippen molar-refractivity contribution < 1.29 is 17.9 Å². The Hall–Kier alpha value is -1.12. The Kier molecular flexibility index (Phi) is 3.73. The number of hydrogen-bond acceptors (Lipinski definition) is 7. The Balaban J connectivity index is 2.17. The predicted molar refractivity (Wildman–Crippen MR) is 82.4 cm³/mol. The average Bonchev–Trinajstić information content (AvgIpc) is 2.45. The van der Waals surface area contributed by atoms with Crippen molar-refractivity contribution in [2.24, 2.45) is 0 Å². The summed E-state index contributed by atoms with van der Waals surface area (Å²) in [6.45, 7) is 5.39. The number of fused-ring (bicyclic) bond motifs is 3. The van der Waals surface area contributed by atoms with Crippen LogP contribution < -0.4 is 9.64 Å². The second-order valence-corrected chi connectivity index (χ2v) is 8.91. The molecular weight excluding hydrogens is 330 g/mol. The van der Waals surface area contributed by atoms with Crippen molar-refractivity contribution in [1.29, 1.82) is 0 Å². The standard InChI is InChI=1S/C13H18ClN3O4S/c1-13(2,22(3,18)19)10-9-11(16-12(14)15-10)17-4-5-20-6-8(17)7-21-9/h8H,4-7H2,1-3H3/t8-/m1/s1. The zero-order valence-corrected chi connectivity index (χ0v) is 14.2. The molecule has 22 heavy (non-hydrogen) atoms. The summed E-state index contributed by atoms with van der Waals surface area (Å²) in [5.41, 5.74) is 0.301. The average molecular weight is 348 g/mol. The minimum Gasteiger partial charge on any atom is -0.486 e. The number of aromatic nitrogens is 2. The largest absolute Gasteiger partial charge is 0.486 e. The first-order valence-electron chi connectivity index (χ1n) is 6.96. The quantitative estimate of drug-likeness (QED) is 0.738. The van der Waals surface area contributed by atoms with Crippen LogP contribution in [-0.4, -0.2) is 57.0 Å². The topological polar surface area (TPSA) is 81.6 Å². The summed E-state index contributed by atoms with van der Waals surface area (Å²) in [6.07, 6.45) is 1.18. The van der Waals surface area contributed by atoms with Gasteiger partial charge in [-0.05, 0) is 25.4 Å². The minimum absolute atomic E-state index is 0.0150. The molecule has 3 heterocycles. The van der Waals surface area contributed by atoms with Crippen LogP contribution in [0.25, 0.3) is 0 Å². The molecule has 1 fully saturated rings. The van der Waals surface area contributed by atoms with Gasteiger partial charge in [0.05, 0.1) is 19.3 Å². The molecule has 2 aliphatic heterocycles. The van der Waals surface area contributed by atoms with Gasteiger partial charge in [0.15, 0.2) is 21.4 Å². The first-order chi connectivity index (χ1) is 10.2. The van der Waals surface area contributed by atoms with E-state index in [2.05, 4.69) is 14.9 Å². The van der Waals surface area contributed by atoms with Crippen molar-refractivity contribution in [1.82, 2.24) is 9.97 Å². The molecule has 1 saturated heterocycles. The number of ether oxygens (including phenoxy) is 2. The molecule has 0 radical (unpaired) electrons. The maximum absolute atomic E-state index is 12.1. The Morgan fingerprint density at radius 2 is 2.05 bits per heavy atom. The molecule has 7 nitrogen and oxygen atoms in total. The van der Waals surface area contributed by atoms with Crippen LogP contribution in [-0.2, 0) is 19.3 Å². The van der Waals surface area contributed by atoms with Gasteiger partial charge in [-0.1, -0.05) is 0 Å². The van der Waals surface area contributed by atoms with E-state index in [0.717, 1.165) is 0 Å². The normalized spacial score (nSPS) is 21.8. The number of nitrogens with zero attached hydrogens (tertiary/aromatic N) is 3. The van der Waals surface area contributed by atoms with E-state index in [0.29, 0.717) is 43.6 Å². The second-order valence-electron chi connectivity index (χ2n) is 6.01. The molecule has 0 amide bonds. The number of anilines is 1. The van der Waals surface area contributed by atoms with Gasteiger partial charge < -0.3 is 14.4 Å². The maximum Gasteiger partial charge on any atom is 0.224 e. The van der Waals surface area contributed by atoms with E-state index in [1.807, 2.05) is 0 Å². The molecule has 0 unspecified atom stereocenters. The van der Waals surface area contributed by atoms with Crippen molar-refractivity contribution >= 4 is 27.3 Å². The van der Waals surface area contributed by atoms with Crippen LogP contribution in [0.3, 0.4) is 0 Å². The van der Waals surface area contributed by atoms with Gasteiger partial charge in [-0.3, -0.25) is 0 Å². The SMILES string of the molecule is CC(C)(c1nc(Cl)nc2c1OC[C@H]1COCCN21)S(C)(=O)=O. The van der Waals surface area contributed by atoms with Crippen molar-refractivity contribution in [2.45, 2.75) is 24.6 Å². The molecule has 1 aromatic heterocycles. The van der Waals surface area contributed by atoms with Crippen molar-refractivity contribution in [3.05, 3.63) is 11.0 Å². The van der Waals surface area contributed by atoms with E-state index in [1.165, 1.54) is 6.26 Å². The molecule has 0 saturated carbocycles. The molecule has 0 N–H and O–H groups in total. The van der Waals surface area contributed by atoms with Crippen LogP contribution in [0.5, 0.6) is 5.75 Å². The number of morpholine rings is 1. The van der Waals surface area contributed by atoms with E-state index in [9.17, 15) is 8.42 Å². The third-order valence-corrected chi connectivity index (χ3v) is 6.45. The molecule has 0 spiro atoms. The van der Waals surface area contributed by atoms with Gasteiger partial charge >= 0.3 is 0 Å². The number of rotatable bonds is 2. The van der Waals surface area contributed by atoms with Crippen LogP contribution in [0.1, 0.15) is 19.5 Å². The Labute approximate surface area is 134 Å². The van der Waals surface area contributed by atoms with Crippen molar-refractivity contribution in [3.8, 4) is 5.75 Å². The van der Waals surface area contributed by atoms with Gasteiger partial charge in [0.25, 0.3) is 0 Å². The summed E-state index contributed by atoms with van der Waals surface area (Å²) in [7, 11) is -3.41. The van der Waals surface area contributed by atoms with Gasteiger partial charge in [0.1, 0.15) is 17.0 Å². The van der Waals surface area contributed by atoms with Crippen molar-refractivity contribution in [3.63, 3.8) is 0 Å². The fourth-order valence-electron chi connectivity index (χ4n) is 2.57. The molecular formula is C13H18ClN3O4S. The summed E-state index contributed by atoms with van der Waals surface area (Å²) >= 11 is 6.04. The van der Waals surface area contributed by atoms with Crippen LogP contribution in [0.4, 0.5) is 5.82 Å². The molecule has 0 aliphatic carbocycles. The molecule has 3 rings (SSSR count). The monoisotopic (exact) mass is 347 g/mol. The Bertz CT molecular complexity index is 707. The number of halogens is 1. The van der Waals surface area contributed by atoms with E-state index >= 15 is 0 Å². The van der Waals surface area contributed by atoms with Gasteiger partial charge in [-0.25, -0.2) is 13.4 Å². The van der Waals surface area contributed by atoms with E-state index in [-0.39, 0.29) is 11.3 Å². The van der Waals surface area contributed by atoms with Gasteiger partial charge in [-0.2, -0.15) is 4.98 Å². The zero-order chi connectivity index (χ0) is 16.1. The highest BCUT2D eigenvalue weighted by Crippen LogP contribution is 2.42. The first kappa shape index (κ1) is 15.8. The molecule has 2 aliphatic rings. The van der Waals surface area contributed by atoms with Gasteiger partial charge in [0.2, 0.25) is 5.28 Å². The molecule has 1 aromatic rings. The lowest BCUT2D eigenvalue weighted by Gasteiger charge is -2.41. The molecule has 0 bridgehead atoms. The smallest absolute Gasteiger partial charge is 0.224 e. The fraction of sp³-hybridized carbons (Fsp3) is 0.692. The zero-order valence-electron chi connectivity index (χ0n) is 12.7. The Morgan fingerprint density at radius 1 is 1.32 bits per heavy atom. The lowest BCUT2D eigenvalue weighted by molar-refractivity contribution is 0.0691. The highest BCUT2D eigenvalue weighted by Gasteiger charge is 2.42. The first-order valence-corrected chi connectivity index (χ1v) is 9.23. The third kappa shape index (κ3) is 2.43. The molecule has 9 heteroatoms. The fourth-order valence-corrected chi connectivity index (χ4v) is 3.23. The predicted octanol–water partition coefficient (Wildman–Crippen LogP) is 1.01. The van der Waals surface area contributed by atoms with Crippen LogP contribution >= 0.6 is 11.6 Å². The minimum atomic E-state index is -3.41. The highest BCUT2D eigenvalue weighted by atomic mass is 35.5. The number of hydrogen-bond donors (Lipinski definition) is 0. The lowest BCUT2D eigenvalue weighted by Crippen LogP contribution is -2.52. The van der Waals surface area contributed by atoms with E-state index < -0.39 is 14.6 Å². The maximum atomic E-state index is 12.1. The summed E-state index contributed by atoms with van der Waals surface area (Å²) in [5.74, 6) is 0.948. The second kappa shape index (κ2) is 5.21. The Morgan fingerprint density at radius 3 is 2.73 bits per heavy atom. The molecule has 0 aromatic carbocycles. The lowest BCUT2D eigenvalue weighted by atomic mass is 10.1. The van der Waals surface area contributed by atoms with Crippen LogP contribution in [0, 0.1) is 0 Å². The van der Waals surface area contributed by atoms with E-state index in [1.54, 1.807) is 13.8 Å². The summed E-state index contributed by atoms with van der Waals surface area (Å²) in [5, 5.41) is 0.0150. The van der Waals surface area contributed by atoms with Crippen molar-refractivity contribution in [2.75, 3.05) is 37.5 Å². The van der Waals surface area contributed by atoms with Gasteiger partial charge in [0, 0.05) is 12.8 Å². The molecule has 122 valence electrons. The molecule has 1 atom stereocenters. The van der Waals surface area contributed by atoms with Gasteiger partial charge in [-0.15, -0.1) is 0 Å². The van der Waals surface area contributed by atoms with Crippen LogP contribution in [0.2, 0.25) is 5.28 Å². The van der Waals surface area contributed by atoms with E-state index in [4.69, 9.17) is 21.1 Å². The third-order valence-electron chi connectivity index (χ3n) is 4.24. The number of sulfone groups is 1. The summed E-state index contributed by atoms with van der Waals surface area (Å²) in [6, 6.07) is 0.0569. The van der Waals surface area contributed by atoms with Crippen LogP contribution in [0.15, 0.2) is 0 Å². The summed E-state index contributed by atoms with van der Waals surface area (Å²) < 4.78 is 34.3. The summed E-state index contributed by atoms with van der Waals surface area (Å²) in [4.78, 5) is 10.5.